The molecule has 8 nitrogen and oxygen atoms in total. The van der Waals surface area contributed by atoms with Crippen molar-refractivity contribution in [2.45, 2.75) is 13.1 Å². The lowest BCUT2D eigenvalue weighted by atomic mass is 10.0. The van der Waals surface area contributed by atoms with Crippen molar-refractivity contribution >= 4 is 55.2 Å². The van der Waals surface area contributed by atoms with Crippen molar-refractivity contribution in [3.63, 3.8) is 0 Å². The van der Waals surface area contributed by atoms with Gasteiger partial charge < -0.3 is 10.6 Å². The minimum absolute atomic E-state index is 0.00703. The number of benzene rings is 3. The Hall–Kier alpha value is -4.11. The molecule has 0 aliphatic heterocycles. The van der Waals surface area contributed by atoms with E-state index in [9.17, 15) is 9.59 Å². The fraction of sp³-hybridized carbons (Fsp3) is 0.0800. The number of pyridine rings is 1. The van der Waals surface area contributed by atoms with Gasteiger partial charge >= 0.3 is 0 Å². The molecule has 0 bridgehead atoms. The number of para-hydroxylation sites is 2. The highest BCUT2D eigenvalue weighted by Gasteiger charge is 2.16. The van der Waals surface area contributed by atoms with Crippen molar-refractivity contribution in [1.82, 2.24) is 25.3 Å². The van der Waals surface area contributed by atoms with Crippen LogP contribution in [0.2, 0.25) is 0 Å². The van der Waals surface area contributed by atoms with Gasteiger partial charge in [-0.05, 0) is 30.3 Å². The lowest BCUT2D eigenvalue weighted by Gasteiger charge is -2.10. The zero-order chi connectivity index (χ0) is 23.5. The summed E-state index contributed by atoms with van der Waals surface area (Å²) >= 11 is 3.38. The normalized spacial score (nSPS) is 11.0. The summed E-state index contributed by atoms with van der Waals surface area (Å²) in [5.74, 6) is -0.454. The summed E-state index contributed by atoms with van der Waals surface area (Å²) in [4.78, 5) is 30.2. The summed E-state index contributed by atoms with van der Waals surface area (Å²) in [6, 6.07) is 22.5. The Morgan fingerprint density at radius 3 is 2.32 bits per heavy atom. The van der Waals surface area contributed by atoms with E-state index in [1.807, 2.05) is 66.7 Å². The van der Waals surface area contributed by atoms with Gasteiger partial charge in [0.2, 0.25) is 5.91 Å². The number of hydrogen-bond donors (Lipinski definition) is 2. The minimum atomic E-state index is -0.228. The minimum Gasteiger partial charge on any atom is -0.346 e. The van der Waals surface area contributed by atoms with Crippen molar-refractivity contribution in [3.05, 3.63) is 94.7 Å². The average Bonchev–Trinajstić information content (AvgIpc) is 3.28. The molecule has 0 spiro atoms. The van der Waals surface area contributed by atoms with Crippen LogP contribution in [0.4, 0.5) is 5.69 Å². The molecule has 3 aromatic carbocycles. The van der Waals surface area contributed by atoms with Crippen LogP contribution < -0.4 is 10.6 Å². The number of amides is 2. The molecule has 5 aromatic rings. The molecule has 0 aliphatic rings. The number of nitrogens with zero attached hydrogens (tertiary/aromatic N) is 4. The maximum Gasteiger partial charge on any atom is 0.252 e. The number of aromatic nitrogens is 4. The van der Waals surface area contributed by atoms with Gasteiger partial charge in [0.1, 0.15) is 12.2 Å². The van der Waals surface area contributed by atoms with Gasteiger partial charge in [-0.15, -0.1) is 5.10 Å². The smallest absolute Gasteiger partial charge is 0.252 e. The topological polar surface area (TPSA) is 102 Å². The maximum atomic E-state index is 13.2. The first kappa shape index (κ1) is 21.7. The predicted molar refractivity (Wildman–Crippen MR) is 133 cm³/mol. The van der Waals surface area contributed by atoms with Crippen LogP contribution in [0.25, 0.3) is 21.8 Å². The quantitative estimate of drug-likeness (QED) is 0.328. The number of hydrogen-bond acceptors (Lipinski definition) is 5. The summed E-state index contributed by atoms with van der Waals surface area (Å²) < 4.78 is 2.31. The van der Waals surface area contributed by atoms with E-state index in [1.165, 1.54) is 4.68 Å². The van der Waals surface area contributed by atoms with Crippen molar-refractivity contribution in [3.8, 4) is 0 Å². The Labute approximate surface area is 203 Å². The van der Waals surface area contributed by atoms with Crippen LogP contribution in [0, 0.1) is 0 Å². The highest BCUT2D eigenvalue weighted by atomic mass is 79.9. The van der Waals surface area contributed by atoms with Gasteiger partial charge in [-0.3, -0.25) is 9.59 Å². The summed E-state index contributed by atoms with van der Waals surface area (Å²) in [5.41, 5.74) is 3.32. The molecule has 0 saturated carbocycles. The predicted octanol–water partition coefficient (Wildman–Crippen LogP) is 4.31. The van der Waals surface area contributed by atoms with E-state index in [2.05, 4.69) is 41.9 Å². The van der Waals surface area contributed by atoms with E-state index < -0.39 is 0 Å². The Kier molecular flexibility index (Phi) is 6.01. The second-order valence-corrected chi connectivity index (χ2v) is 8.59. The molecule has 0 aliphatic carbocycles. The molecule has 5 rings (SSSR count). The van der Waals surface area contributed by atoms with Gasteiger partial charge in [-0.1, -0.05) is 63.6 Å². The Morgan fingerprint density at radius 2 is 1.62 bits per heavy atom. The van der Waals surface area contributed by atoms with E-state index in [1.54, 1.807) is 12.3 Å². The van der Waals surface area contributed by atoms with Crippen molar-refractivity contribution in [1.29, 1.82) is 0 Å². The first-order chi connectivity index (χ1) is 16.6. The number of anilines is 1. The Morgan fingerprint density at radius 1 is 0.912 bits per heavy atom. The largest absolute Gasteiger partial charge is 0.346 e. The number of fused-ring (bicyclic) bond motifs is 2. The third-order valence-corrected chi connectivity index (χ3v) is 5.74. The van der Waals surface area contributed by atoms with Crippen LogP contribution in [0.1, 0.15) is 16.1 Å². The van der Waals surface area contributed by atoms with Gasteiger partial charge in [-0.2, -0.15) is 0 Å². The van der Waals surface area contributed by atoms with Crippen LogP contribution in [0.5, 0.6) is 0 Å². The summed E-state index contributed by atoms with van der Waals surface area (Å²) in [5, 5.41) is 15.4. The maximum absolute atomic E-state index is 13.2. The zero-order valence-electron chi connectivity index (χ0n) is 17.9. The summed E-state index contributed by atoms with van der Waals surface area (Å²) in [7, 11) is 0. The second kappa shape index (κ2) is 9.40. The number of halogens is 1. The third kappa shape index (κ3) is 4.65. The number of rotatable bonds is 6. The average molecular weight is 515 g/mol. The second-order valence-electron chi connectivity index (χ2n) is 7.67. The monoisotopic (exact) mass is 514 g/mol. The Bertz CT molecular complexity index is 1480. The van der Waals surface area contributed by atoms with E-state index in [0.29, 0.717) is 16.9 Å². The fourth-order valence-corrected chi connectivity index (χ4v) is 4.15. The molecular formula is C25H19BrN6O2. The molecule has 2 aromatic heterocycles. The molecule has 168 valence electrons. The fourth-order valence-electron chi connectivity index (χ4n) is 3.75. The van der Waals surface area contributed by atoms with Crippen LogP contribution >= 0.6 is 15.9 Å². The first-order valence-corrected chi connectivity index (χ1v) is 11.4. The van der Waals surface area contributed by atoms with Gasteiger partial charge in [0.05, 0.1) is 29.3 Å². The Balaban J connectivity index is 1.28. The number of carbonyl (C=O) groups is 2. The van der Waals surface area contributed by atoms with E-state index in [0.717, 1.165) is 26.3 Å². The summed E-state index contributed by atoms with van der Waals surface area (Å²) in [6.45, 7) is 0.185. The number of nitrogens with one attached hydrogen (secondary N) is 2. The SMILES string of the molecule is O=C(Cn1cc(CNC(=O)c2c3ccccc3nc3ccccc23)nn1)Nc1cccc(Br)c1. The molecule has 0 unspecified atom stereocenters. The highest BCUT2D eigenvalue weighted by molar-refractivity contribution is 9.10. The first-order valence-electron chi connectivity index (χ1n) is 10.6. The van der Waals surface area contributed by atoms with Crippen LogP contribution in [-0.2, 0) is 17.9 Å². The standard InChI is InChI=1S/C25H19BrN6O2/c26-16-6-5-7-17(12-16)28-23(33)15-32-14-18(30-31-32)13-27-25(34)24-19-8-1-3-10-21(19)29-22-11-4-2-9-20(22)24/h1-12,14H,13,15H2,(H,27,34)(H,28,33). The van der Waals surface area contributed by atoms with Gasteiger partial charge in [0.15, 0.2) is 0 Å². The van der Waals surface area contributed by atoms with Gasteiger partial charge in [0.25, 0.3) is 5.91 Å². The van der Waals surface area contributed by atoms with Crippen molar-refractivity contribution in [2.24, 2.45) is 0 Å². The van der Waals surface area contributed by atoms with Gasteiger partial charge in [0, 0.05) is 20.9 Å². The molecular weight excluding hydrogens is 496 g/mol. The van der Waals surface area contributed by atoms with Crippen LogP contribution in [0.3, 0.4) is 0 Å². The molecule has 0 radical (unpaired) electrons. The molecule has 2 heterocycles. The molecule has 34 heavy (non-hydrogen) atoms. The molecule has 0 fully saturated rings. The molecule has 0 saturated heterocycles. The van der Waals surface area contributed by atoms with Crippen LogP contribution in [0.15, 0.2) is 83.5 Å². The molecule has 2 N–H and O–H groups in total. The van der Waals surface area contributed by atoms with Crippen molar-refractivity contribution in [2.75, 3.05) is 5.32 Å². The molecule has 9 heteroatoms. The van der Waals surface area contributed by atoms with Gasteiger partial charge in [-0.25, -0.2) is 9.67 Å². The van der Waals surface area contributed by atoms with E-state index >= 15 is 0 Å². The lowest BCUT2D eigenvalue weighted by Crippen LogP contribution is -2.23. The summed E-state index contributed by atoms with van der Waals surface area (Å²) in [6.07, 6.45) is 1.64. The van der Waals surface area contributed by atoms with E-state index in [4.69, 9.17) is 0 Å². The third-order valence-electron chi connectivity index (χ3n) is 5.24. The lowest BCUT2D eigenvalue weighted by molar-refractivity contribution is -0.116. The zero-order valence-corrected chi connectivity index (χ0v) is 19.5. The number of carbonyl (C=O) groups excluding carboxylic acids is 2. The molecule has 0 atom stereocenters. The van der Waals surface area contributed by atoms with Crippen LogP contribution in [-0.4, -0.2) is 31.8 Å². The van der Waals surface area contributed by atoms with Crippen molar-refractivity contribution < 1.29 is 9.59 Å². The van der Waals surface area contributed by atoms with E-state index in [-0.39, 0.29) is 24.9 Å². The highest BCUT2D eigenvalue weighted by Crippen LogP contribution is 2.25. The molecule has 2 amide bonds.